The van der Waals surface area contributed by atoms with Crippen molar-refractivity contribution in [2.75, 3.05) is 31.1 Å². The van der Waals surface area contributed by atoms with Crippen LogP contribution < -0.4 is 10.4 Å². The molecule has 0 radical (unpaired) electrons. The first-order chi connectivity index (χ1) is 13.2. The molecule has 2 aromatic rings. The second-order valence-electron chi connectivity index (χ2n) is 7.43. The molecular weight excluding hydrogens is 348 g/mol. The summed E-state index contributed by atoms with van der Waals surface area (Å²) >= 11 is 0. The zero-order valence-corrected chi connectivity index (χ0v) is 15.2. The summed E-state index contributed by atoms with van der Waals surface area (Å²) in [6, 6.07) is 11.9. The fourth-order valence-electron chi connectivity index (χ4n) is 4.52. The second-order valence-corrected chi connectivity index (χ2v) is 7.43. The van der Waals surface area contributed by atoms with Crippen LogP contribution in [0.25, 0.3) is 0 Å². The highest BCUT2D eigenvalue weighted by Crippen LogP contribution is 2.48. The number of fused-ring (bicyclic) bond motifs is 3. The lowest BCUT2D eigenvalue weighted by atomic mass is 9.89. The van der Waals surface area contributed by atoms with Crippen LogP contribution in [0.15, 0.2) is 42.5 Å². The number of hydrogen-bond acceptors (Lipinski definition) is 4. The second kappa shape index (κ2) is 7.92. The van der Waals surface area contributed by atoms with Crippen LogP contribution in [0, 0.1) is 11.6 Å². The number of anilines is 2. The lowest BCUT2D eigenvalue weighted by Gasteiger charge is -2.39. The van der Waals surface area contributed by atoms with Gasteiger partial charge >= 0.3 is 0 Å². The number of hydroxylamine groups is 1. The Kier molecular flexibility index (Phi) is 5.38. The van der Waals surface area contributed by atoms with Gasteiger partial charge in [-0.3, -0.25) is 0 Å². The molecular formula is C21H25F2N3O. The smallest absolute Gasteiger partial charge is 0.123 e. The van der Waals surface area contributed by atoms with Gasteiger partial charge in [-0.2, -0.15) is 0 Å². The van der Waals surface area contributed by atoms with Crippen LogP contribution in [0.5, 0.6) is 0 Å². The van der Waals surface area contributed by atoms with Gasteiger partial charge < -0.3 is 15.0 Å². The lowest BCUT2D eigenvalue weighted by molar-refractivity contribution is 0.158. The zero-order chi connectivity index (χ0) is 18.8. The minimum atomic E-state index is -0.249. The molecule has 2 aromatic carbocycles. The number of nitrogens with zero attached hydrogens (tertiary/aromatic N) is 2. The summed E-state index contributed by atoms with van der Waals surface area (Å²) in [5.41, 5.74) is 5.23. The molecule has 0 spiro atoms. The van der Waals surface area contributed by atoms with Crippen molar-refractivity contribution in [3.05, 3.63) is 59.7 Å². The predicted molar refractivity (Wildman–Crippen MR) is 102 cm³/mol. The van der Waals surface area contributed by atoms with Crippen molar-refractivity contribution >= 4 is 11.4 Å². The van der Waals surface area contributed by atoms with Crippen LogP contribution in [-0.2, 0) is 0 Å². The summed E-state index contributed by atoms with van der Waals surface area (Å²) in [4.78, 5) is 4.69. The molecule has 6 heteroatoms. The normalized spacial score (nSPS) is 22.0. The Labute approximate surface area is 158 Å². The number of piperidine rings is 1. The van der Waals surface area contributed by atoms with E-state index in [0.29, 0.717) is 6.54 Å². The molecule has 0 aliphatic carbocycles. The summed E-state index contributed by atoms with van der Waals surface area (Å²) in [5, 5.41) is 8.69. The van der Waals surface area contributed by atoms with Crippen LogP contribution in [0.1, 0.15) is 30.7 Å². The molecule has 0 bridgehead atoms. The first kappa shape index (κ1) is 18.3. The van der Waals surface area contributed by atoms with E-state index < -0.39 is 0 Å². The molecule has 2 heterocycles. The molecule has 2 N–H and O–H groups in total. The Morgan fingerprint density at radius 3 is 2.59 bits per heavy atom. The molecule has 0 amide bonds. The molecule has 1 fully saturated rings. The highest BCUT2D eigenvalue weighted by atomic mass is 19.1. The highest BCUT2D eigenvalue weighted by molar-refractivity contribution is 5.73. The maximum atomic E-state index is 14.0. The van der Waals surface area contributed by atoms with Gasteiger partial charge in [0.05, 0.1) is 0 Å². The standard InChI is InChI=1S/C21H25F2N3O/c22-15-3-6-17(7-4-15)26-20-8-5-16(23)13-18(20)19-14-25(12-9-21(19)26)11-2-1-10-24-27/h3-8,13,19,21,24,27H,1-2,9-12,14H2/t19-,21+/m0/s1. The van der Waals surface area contributed by atoms with Crippen molar-refractivity contribution in [1.82, 2.24) is 10.4 Å². The summed E-state index contributed by atoms with van der Waals surface area (Å²) in [6.07, 6.45) is 2.92. The number of benzene rings is 2. The minimum absolute atomic E-state index is 0.209. The molecule has 1 saturated heterocycles. The van der Waals surface area contributed by atoms with Gasteiger partial charge in [0.2, 0.25) is 0 Å². The highest BCUT2D eigenvalue weighted by Gasteiger charge is 2.42. The van der Waals surface area contributed by atoms with E-state index in [1.165, 1.54) is 18.2 Å². The van der Waals surface area contributed by atoms with Crippen molar-refractivity contribution in [2.24, 2.45) is 0 Å². The summed E-state index contributed by atoms with van der Waals surface area (Å²) in [6.45, 7) is 3.46. The van der Waals surface area contributed by atoms with Crippen LogP contribution in [0.4, 0.5) is 20.2 Å². The quantitative estimate of drug-likeness (QED) is 0.592. The fraction of sp³-hybridized carbons (Fsp3) is 0.429. The molecule has 4 rings (SSSR count). The molecule has 4 nitrogen and oxygen atoms in total. The van der Waals surface area contributed by atoms with Gasteiger partial charge in [-0.1, -0.05) is 0 Å². The molecule has 2 aliphatic rings. The Morgan fingerprint density at radius 1 is 1.04 bits per heavy atom. The number of halogens is 2. The first-order valence-electron chi connectivity index (χ1n) is 9.61. The van der Waals surface area contributed by atoms with Crippen molar-refractivity contribution in [2.45, 2.75) is 31.2 Å². The maximum Gasteiger partial charge on any atom is 0.123 e. The fourth-order valence-corrected chi connectivity index (χ4v) is 4.52. The number of nitrogens with one attached hydrogen (secondary N) is 1. The molecule has 0 aromatic heterocycles. The molecule has 0 saturated carbocycles. The molecule has 0 unspecified atom stereocenters. The topological polar surface area (TPSA) is 38.7 Å². The summed E-state index contributed by atoms with van der Waals surface area (Å²) in [7, 11) is 0. The zero-order valence-electron chi connectivity index (χ0n) is 15.2. The molecule has 2 aliphatic heterocycles. The van der Waals surface area contributed by atoms with E-state index in [1.54, 1.807) is 18.2 Å². The van der Waals surface area contributed by atoms with Gasteiger partial charge in [0.1, 0.15) is 11.6 Å². The van der Waals surface area contributed by atoms with Crippen molar-refractivity contribution in [3.63, 3.8) is 0 Å². The largest absolute Gasteiger partial charge is 0.337 e. The third-order valence-corrected chi connectivity index (χ3v) is 5.76. The molecule has 27 heavy (non-hydrogen) atoms. The van der Waals surface area contributed by atoms with E-state index in [1.807, 2.05) is 6.07 Å². The van der Waals surface area contributed by atoms with E-state index in [2.05, 4.69) is 15.3 Å². The van der Waals surface area contributed by atoms with E-state index >= 15 is 0 Å². The predicted octanol–water partition coefficient (Wildman–Crippen LogP) is 4.03. The third-order valence-electron chi connectivity index (χ3n) is 5.76. The number of likely N-dealkylation sites (tertiary alicyclic amines) is 1. The Hall–Kier alpha value is -2.02. The third kappa shape index (κ3) is 3.70. The monoisotopic (exact) mass is 373 g/mol. The molecule has 144 valence electrons. The van der Waals surface area contributed by atoms with Gasteiger partial charge in [-0.05, 0) is 73.8 Å². The van der Waals surface area contributed by atoms with Gasteiger partial charge in [-0.25, -0.2) is 14.3 Å². The van der Waals surface area contributed by atoms with E-state index in [9.17, 15) is 8.78 Å². The first-order valence-corrected chi connectivity index (χ1v) is 9.61. The van der Waals surface area contributed by atoms with Gasteiger partial charge in [-0.15, -0.1) is 0 Å². The van der Waals surface area contributed by atoms with Crippen LogP contribution in [-0.4, -0.2) is 42.3 Å². The Bertz CT molecular complexity index is 783. The summed E-state index contributed by atoms with van der Waals surface area (Å²) < 4.78 is 27.4. The van der Waals surface area contributed by atoms with E-state index in [-0.39, 0.29) is 23.6 Å². The maximum absolute atomic E-state index is 14.0. The average molecular weight is 373 g/mol. The van der Waals surface area contributed by atoms with Crippen LogP contribution >= 0.6 is 0 Å². The van der Waals surface area contributed by atoms with Crippen molar-refractivity contribution in [1.29, 1.82) is 0 Å². The lowest BCUT2D eigenvalue weighted by Crippen LogP contribution is -2.45. The van der Waals surface area contributed by atoms with Gasteiger partial charge in [0, 0.05) is 43.0 Å². The van der Waals surface area contributed by atoms with E-state index in [4.69, 9.17) is 5.21 Å². The van der Waals surface area contributed by atoms with Gasteiger partial charge in [0.25, 0.3) is 0 Å². The SMILES string of the molecule is ONCCCCN1CC[C@@H]2[C@@H](C1)c1cc(F)ccc1N2c1ccc(F)cc1. The number of unbranched alkanes of at least 4 members (excludes halogenated alkanes) is 1. The Balaban J connectivity index is 1.58. The van der Waals surface area contributed by atoms with Gasteiger partial charge in [0.15, 0.2) is 0 Å². The molecule has 2 atom stereocenters. The van der Waals surface area contributed by atoms with Crippen molar-refractivity contribution in [3.8, 4) is 0 Å². The number of hydrogen-bond donors (Lipinski definition) is 2. The van der Waals surface area contributed by atoms with Crippen molar-refractivity contribution < 1.29 is 14.0 Å². The minimum Gasteiger partial charge on any atom is -0.337 e. The average Bonchev–Trinajstić information content (AvgIpc) is 2.99. The van der Waals surface area contributed by atoms with Crippen LogP contribution in [0.3, 0.4) is 0 Å². The Morgan fingerprint density at radius 2 is 1.81 bits per heavy atom. The van der Waals surface area contributed by atoms with E-state index in [0.717, 1.165) is 55.8 Å². The van der Waals surface area contributed by atoms with Crippen LogP contribution in [0.2, 0.25) is 0 Å². The summed E-state index contributed by atoms with van der Waals surface area (Å²) in [5.74, 6) is -0.217. The number of rotatable bonds is 6.